The number of halogens is 1. The van der Waals surface area contributed by atoms with Gasteiger partial charge in [-0.05, 0) is 38.3 Å². The third-order valence-corrected chi connectivity index (χ3v) is 4.33. The molecule has 1 atom stereocenters. The first kappa shape index (κ1) is 23.3. The second kappa shape index (κ2) is 12.6. The number of H-pyrrole nitrogens is 1. The van der Waals surface area contributed by atoms with Crippen molar-refractivity contribution in [1.29, 1.82) is 0 Å². The zero-order valence-electron chi connectivity index (χ0n) is 16.5. The van der Waals surface area contributed by atoms with E-state index in [4.69, 9.17) is 0 Å². The SMILES string of the molecule is CCNC(=NCCC(=O)NC(C)CC)NCCc1c[nH]c2ccccc12.I. The summed E-state index contributed by atoms with van der Waals surface area (Å²) in [4.78, 5) is 19.6. The van der Waals surface area contributed by atoms with Gasteiger partial charge in [0.2, 0.25) is 5.91 Å². The minimum atomic E-state index is 0. The average Bonchev–Trinajstić information content (AvgIpc) is 3.05. The molecule has 0 aliphatic rings. The number of hydrogen-bond donors (Lipinski definition) is 4. The van der Waals surface area contributed by atoms with Gasteiger partial charge in [0.15, 0.2) is 5.96 Å². The van der Waals surface area contributed by atoms with Gasteiger partial charge in [-0.1, -0.05) is 25.1 Å². The van der Waals surface area contributed by atoms with E-state index in [-0.39, 0.29) is 35.9 Å². The standard InChI is InChI=1S/C20H31N5O.HI/c1-4-15(3)25-19(26)11-13-23-20(21-5-2)22-12-10-16-14-24-18-9-7-6-8-17(16)18;/h6-9,14-15,24H,4-5,10-13H2,1-3H3,(H,25,26)(H2,21,22,23);1H. The van der Waals surface area contributed by atoms with Crippen molar-refractivity contribution in [1.82, 2.24) is 20.9 Å². The summed E-state index contributed by atoms with van der Waals surface area (Å²) in [7, 11) is 0. The van der Waals surface area contributed by atoms with E-state index in [0.717, 1.165) is 37.4 Å². The number of carbonyl (C=O) groups excluding carboxylic acids is 1. The van der Waals surface area contributed by atoms with Crippen molar-refractivity contribution in [2.75, 3.05) is 19.6 Å². The van der Waals surface area contributed by atoms with E-state index >= 15 is 0 Å². The molecular formula is C20H32IN5O. The summed E-state index contributed by atoms with van der Waals surface area (Å²) in [5.41, 5.74) is 2.45. The van der Waals surface area contributed by atoms with Crippen molar-refractivity contribution in [3.63, 3.8) is 0 Å². The van der Waals surface area contributed by atoms with Crippen LogP contribution in [0.4, 0.5) is 0 Å². The molecular weight excluding hydrogens is 453 g/mol. The van der Waals surface area contributed by atoms with E-state index in [1.165, 1.54) is 10.9 Å². The Morgan fingerprint density at radius 2 is 2.00 bits per heavy atom. The Labute approximate surface area is 179 Å². The smallest absolute Gasteiger partial charge is 0.222 e. The van der Waals surface area contributed by atoms with Crippen LogP contribution in [0.5, 0.6) is 0 Å². The lowest BCUT2D eigenvalue weighted by atomic mass is 10.1. The first-order valence-electron chi connectivity index (χ1n) is 9.50. The highest BCUT2D eigenvalue weighted by Gasteiger charge is 2.06. The van der Waals surface area contributed by atoms with Gasteiger partial charge in [-0.2, -0.15) is 0 Å². The van der Waals surface area contributed by atoms with Crippen molar-refractivity contribution < 1.29 is 4.79 Å². The molecule has 0 saturated carbocycles. The molecule has 6 nitrogen and oxygen atoms in total. The van der Waals surface area contributed by atoms with Crippen LogP contribution < -0.4 is 16.0 Å². The molecule has 7 heteroatoms. The van der Waals surface area contributed by atoms with Gasteiger partial charge in [0, 0.05) is 42.7 Å². The Bertz CT molecular complexity index is 728. The fourth-order valence-electron chi connectivity index (χ4n) is 2.71. The molecule has 0 radical (unpaired) electrons. The van der Waals surface area contributed by atoms with Crippen LogP contribution in [0.2, 0.25) is 0 Å². The van der Waals surface area contributed by atoms with Crippen molar-refractivity contribution in [2.45, 2.75) is 46.1 Å². The first-order chi connectivity index (χ1) is 12.6. The monoisotopic (exact) mass is 485 g/mol. The number of amides is 1. The number of aromatic amines is 1. The molecule has 2 rings (SSSR count). The molecule has 0 bridgehead atoms. The number of rotatable bonds is 9. The van der Waals surface area contributed by atoms with Gasteiger partial charge in [0.05, 0.1) is 6.54 Å². The van der Waals surface area contributed by atoms with Gasteiger partial charge < -0.3 is 20.9 Å². The summed E-state index contributed by atoms with van der Waals surface area (Å²) in [6.07, 6.45) is 4.31. The number of para-hydroxylation sites is 1. The van der Waals surface area contributed by atoms with Gasteiger partial charge in [-0.3, -0.25) is 9.79 Å². The molecule has 1 aromatic carbocycles. The van der Waals surface area contributed by atoms with Gasteiger partial charge in [-0.25, -0.2) is 0 Å². The highest BCUT2D eigenvalue weighted by molar-refractivity contribution is 14.0. The second-order valence-corrected chi connectivity index (χ2v) is 6.42. The number of benzene rings is 1. The molecule has 1 unspecified atom stereocenters. The number of hydrogen-bond acceptors (Lipinski definition) is 2. The zero-order valence-corrected chi connectivity index (χ0v) is 18.8. The molecule has 4 N–H and O–H groups in total. The molecule has 1 amide bonds. The predicted octanol–water partition coefficient (Wildman–Crippen LogP) is 3.19. The first-order valence-corrected chi connectivity index (χ1v) is 9.50. The number of aromatic nitrogens is 1. The zero-order chi connectivity index (χ0) is 18.8. The number of carbonyl (C=O) groups is 1. The van der Waals surface area contributed by atoms with Gasteiger partial charge >= 0.3 is 0 Å². The van der Waals surface area contributed by atoms with E-state index in [9.17, 15) is 4.79 Å². The molecule has 0 spiro atoms. The van der Waals surface area contributed by atoms with Crippen molar-refractivity contribution in [2.24, 2.45) is 4.99 Å². The average molecular weight is 485 g/mol. The Balaban J connectivity index is 0.00000364. The summed E-state index contributed by atoms with van der Waals surface area (Å²) in [5.74, 6) is 0.807. The quantitative estimate of drug-likeness (QED) is 0.250. The summed E-state index contributed by atoms with van der Waals surface area (Å²) in [5, 5.41) is 10.8. The summed E-state index contributed by atoms with van der Waals surface area (Å²) < 4.78 is 0. The third-order valence-electron chi connectivity index (χ3n) is 4.33. The van der Waals surface area contributed by atoms with Gasteiger partial charge in [-0.15, -0.1) is 24.0 Å². The maximum atomic E-state index is 11.8. The number of fused-ring (bicyclic) bond motifs is 1. The second-order valence-electron chi connectivity index (χ2n) is 6.42. The molecule has 0 aliphatic carbocycles. The maximum absolute atomic E-state index is 11.8. The minimum Gasteiger partial charge on any atom is -0.361 e. The minimum absolute atomic E-state index is 0. The van der Waals surface area contributed by atoms with Crippen LogP contribution >= 0.6 is 24.0 Å². The third kappa shape index (κ3) is 7.78. The topological polar surface area (TPSA) is 81.3 Å². The number of aliphatic imine (C=N–C) groups is 1. The number of guanidine groups is 1. The van der Waals surface area contributed by atoms with Crippen LogP contribution in [0.15, 0.2) is 35.5 Å². The highest BCUT2D eigenvalue weighted by Crippen LogP contribution is 2.17. The number of nitrogens with one attached hydrogen (secondary N) is 4. The van der Waals surface area contributed by atoms with Crippen molar-refractivity contribution in [3.05, 3.63) is 36.0 Å². The lowest BCUT2D eigenvalue weighted by Gasteiger charge is -2.12. The molecule has 2 aromatic rings. The Kier molecular flexibility index (Phi) is 10.8. The van der Waals surface area contributed by atoms with Crippen molar-refractivity contribution in [3.8, 4) is 0 Å². The Morgan fingerprint density at radius 1 is 1.22 bits per heavy atom. The van der Waals surface area contributed by atoms with E-state index in [2.05, 4.69) is 57.2 Å². The molecule has 150 valence electrons. The Hall–Kier alpha value is -1.77. The summed E-state index contributed by atoms with van der Waals surface area (Å²) in [6.45, 7) is 8.16. The van der Waals surface area contributed by atoms with Crippen LogP contribution in [0.1, 0.15) is 39.2 Å². The predicted molar refractivity (Wildman–Crippen MR) is 124 cm³/mol. The summed E-state index contributed by atoms with van der Waals surface area (Å²) in [6, 6.07) is 8.53. The van der Waals surface area contributed by atoms with E-state index in [1.54, 1.807) is 0 Å². The molecule has 0 fully saturated rings. The maximum Gasteiger partial charge on any atom is 0.222 e. The normalized spacial score (nSPS) is 12.3. The van der Waals surface area contributed by atoms with Crippen LogP contribution in [-0.2, 0) is 11.2 Å². The molecule has 0 aliphatic heterocycles. The van der Waals surface area contributed by atoms with Gasteiger partial charge in [0.1, 0.15) is 0 Å². The molecule has 27 heavy (non-hydrogen) atoms. The lowest BCUT2D eigenvalue weighted by Crippen LogP contribution is -2.38. The fraction of sp³-hybridized carbons (Fsp3) is 0.500. The van der Waals surface area contributed by atoms with Crippen molar-refractivity contribution >= 4 is 46.7 Å². The van der Waals surface area contributed by atoms with E-state index in [0.29, 0.717) is 13.0 Å². The largest absolute Gasteiger partial charge is 0.361 e. The lowest BCUT2D eigenvalue weighted by molar-refractivity contribution is -0.121. The van der Waals surface area contributed by atoms with Gasteiger partial charge in [0.25, 0.3) is 0 Å². The number of nitrogens with zero attached hydrogens (tertiary/aromatic N) is 1. The highest BCUT2D eigenvalue weighted by atomic mass is 127. The molecule has 1 heterocycles. The van der Waals surface area contributed by atoms with Crippen LogP contribution in [0, 0.1) is 0 Å². The molecule has 0 saturated heterocycles. The summed E-state index contributed by atoms with van der Waals surface area (Å²) >= 11 is 0. The fourth-order valence-corrected chi connectivity index (χ4v) is 2.71. The van der Waals surface area contributed by atoms with Crippen LogP contribution in [0.25, 0.3) is 10.9 Å². The van der Waals surface area contributed by atoms with E-state index in [1.807, 2.05) is 19.9 Å². The van der Waals surface area contributed by atoms with E-state index < -0.39 is 0 Å². The Morgan fingerprint density at radius 3 is 2.74 bits per heavy atom. The molecule has 1 aromatic heterocycles. The van der Waals surface area contributed by atoms with Crippen LogP contribution in [0.3, 0.4) is 0 Å². The van der Waals surface area contributed by atoms with Crippen LogP contribution in [-0.4, -0.2) is 42.5 Å².